The Balaban J connectivity index is 2.63. The molecule has 1 aromatic heterocycles. The number of aliphatic hydroxyl groups is 2. The first-order valence-corrected chi connectivity index (χ1v) is 11.5. The molecule has 170 valence electrons. The SMILES string of the molecule is CCN(CC)C(=O)c1nc(C(=O)NC[C@H](C)O)sc1-c1ccc(C(C)(C)O)c(Cl)c1Cl. The number of thiazole rings is 1. The molecule has 3 N–H and O–H groups in total. The van der Waals surface area contributed by atoms with Crippen LogP contribution in [0, 0.1) is 0 Å². The molecule has 2 rings (SSSR count). The van der Waals surface area contributed by atoms with Gasteiger partial charge in [0.05, 0.1) is 26.6 Å². The van der Waals surface area contributed by atoms with Crippen LogP contribution in [-0.4, -0.2) is 57.6 Å². The van der Waals surface area contributed by atoms with Crippen molar-refractivity contribution in [2.75, 3.05) is 19.6 Å². The fraction of sp³-hybridized carbons (Fsp3) is 0.476. The molecule has 0 saturated carbocycles. The summed E-state index contributed by atoms with van der Waals surface area (Å²) in [5.41, 5.74) is -0.218. The maximum atomic E-state index is 13.1. The number of rotatable bonds is 8. The fourth-order valence-electron chi connectivity index (χ4n) is 2.92. The number of hydrogen-bond donors (Lipinski definition) is 3. The molecule has 0 radical (unpaired) electrons. The second-order valence-corrected chi connectivity index (χ2v) is 9.34. The van der Waals surface area contributed by atoms with Crippen LogP contribution in [0.25, 0.3) is 10.4 Å². The van der Waals surface area contributed by atoms with Crippen molar-refractivity contribution in [1.29, 1.82) is 0 Å². The third kappa shape index (κ3) is 5.75. The largest absolute Gasteiger partial charge is 0.392 e. The van der Waals surface area contributed by atoms with Gasteiger partial charge in [0.25, 0.3) is 11.8 Å². The molecule has 0 unspecified atom stereocenters. The summed E-state index contributed by atoms with van der Waals surface area (Å²) in [6.07, 6.45) is -0.720. The first-order chi connectivity index (χ1) is 14.4. The fourth-order valence-corrected chi connectivity index (χ4v) is 4.63. The van der Waals surface area contributed by atoms with Gasteiger partial charge >= 0.3 is 0 Å². The first kappa shape index (κ1) is 25.5. The van der Waals surface area contributed by atoms with Crippen molar-refractivity contribution in [3.8, 4) is 10.4 Å². The predicted molar refractivity (Wildman–Crippen MR) is 124 cm³/mol. The van der Waals surface area contributed by atoms with E-state index in [0.717, 1.165) is 11.3 Å². The second kappa shape index (κ2) is 10.3. The molecule has 0 aliphatic heterocycles. The van der Waals surface area contributed by atoms with Gasteiger partial charge in [-0.05, 0) is 34.6 Å². The topological polar surface area (TPSA) is 103 Å². The van der Waals surface area contributed by atoms with Crippen LogP contribution in [0.3, 0.4) is 0 Å². The molecule has 0 saturated heterocycles. The van der Waals surface area contributed by atoms with Gasteiger partial charge in [0.2, 0.25) is 0 Å². The molecular formula is C21H27Cl2N3O4S. The van der Waals surface area contributed by atoms with E-state index in [9.17, 15) is 19.8 Å². The number of hydrogen-bond acceptors (Lipinski definition) is 6. The van der Waals surface area contributed by atoms with E-state index in [1.54, 1.807) is 37.8 Å². The predicted octanol–water partition coefficient (Wildman–Crippen LogP) is 3.94. The third-order valence-corrected chi connectivity index (χ3v) is 6.59. The standard InChI is InChI=1S/C21H27Cl2N3O4S/c1-6-26(7-2)20(29)16-17(31-19(25-16)18(28)24-10-11(3)27)12-8-9-13(21(4,5)30)15(23)14(12)22/h8-9,11,27,30H,6-7,10H2,1-5H3,(H,24,28)/t11-/m0/s1. The lowest BCUT2D eigenvalue weighted by Crippen LogP contribution is -2.32. The zero-order chi connectivity index (χ0) is 23.5. The molecule has 10 heteroatoms. The van der Waals surface area contributed by atoms with E-state index in [1.807, 2.05) is 13.8 Å². The van der Waals surface area contributed by atoms with Gasteiger partial charge in [-0.3, -0.25) is 9.59 Å². The Bertz CT molecular complexity index is 966. The van der Waals surface area contributed by atoms with Crippen molar-refractivity contribution in [2.45, 2.75) is 46.3 Å². The summed E-state index contributed by atoms with van der Waals surface area (Å²) >= 11 is 14.0. The van der Waals surface area contributed by atoms with Crippen molar-refractivity contribution < 1.29 is 19.8 Å². The molecule has 2 amide bonds. The third-order valence-electron chi connectivity index (χ3n) is 4.62. The van der Waals surface area contributed by atoms with Crippen LogP contribution < -0.4 is 5.32 Å². The number of aromatic nitrogens is 1. The Kier molecular flexibility index (Phi) is 8.47. The number of benzene rings is 1. The molecule has 31 heavy (non-hydrogen) atoms. The van der Waals surface area contributed by atoms with Gasteiger partial charge in [-0.2, -0.15) is 0 Å². The van der Waals surface area contributed by atoms with Crippen LogP contribution >= 0.6 is 34.5 Å². The van der Waals surface area contributed by atoms with Crippen LogP contribution in [-0.2, 0) is 5.60 Å². The van der Waals surface area contributed by atoms with Crippen molar-refractivity contribution in [3.63, 3.8) is 0 Å². The van der Waals surface area contributed by atoms with Gasteiger partial charge in [0.15, 0.2) is 5.01 Å². The molecule has 7 nitrogen and oxygen atoms in total. The minimum atomic E-state index is -1.21. The van der Waals surface area contributed by atoms with Crippen LogP contribution in [0.5, 0.6) is 0 Å². The lowest BCUT2D eigenvalue weighted by molar-refractivity contribution is 0.0765. The molecule has 1 aromatic carbocycles. The number of nitrogens with zero attached hydrogens (tertiary/aromatic N) is 2. The van der Waals surface area contributed by atoms with E-state index in [1.165, 1.54) is 0 Å². The average Bonchev–Trinajstić information content (AvgIpc) is 3.13. The average molecular weight is 488 g/mol. The van der Waals surface area contributed by atoms with Crippen molar-refractivity contribution in [3.05, 3.63) is 38.4 Å². The molecule has 2 aromatic rings. The minimum absolute atomic E-state index is 0.0555. The van der Waals surface area contributed by atoms with Crippen LogP contribution in [0.15, 0.2) is 12.1 Å². The second-order valence-electron chi connectivity index (χ2n) is 7.58. The van der Waals surface area contributed by atoms with Gasteiger partial charge in [-0.1, -0.05) is 35.3 Å². The summed E-state index contributed by atoms with van der Waals surface area (Å²) in [7, 11) is 0. The lowest BCUT2D eigenvalue weighted by atomic mass is 9.96. The van der Waals surface area contributed by atoms with E-state index in [0.29, 0.717) is 29.1 Å². The Morgan fingerprint density at radius 3 is 2.35 bits per heavy atom. The van der Waals surface area contributed by atoms with E-state index in [2.05, 4.69) is 10.3 Å². The van der Waals surface area contributed by atoms with Gasteiger partial charge in [-0.25, -0.2) is 4.98 Å². The summed E-state index contributed by atoms with van der Waals surface area (Å²) in [5.74, 6) is -0.828. The van der Waals surface area contributed by atoms with Gasteiger partial charge in [0.1, 0.15) is 5.69 Å². The maximum Gasteiger partial charge on any atom is 0.280 e. The quantitative estimate of drug-likeness (QED) is 0.523. The lowest BCUT2D eigenvalue weighted by Gasteiger charge is -2.21. The van der Waals surface area contributed by atoms with Crippen molar-refractivity contribution in [1.82, 2.24) is 15.2 Å². The number of halogens is 2. The molecule has 1 atom stereocenters. The Labute approximate surface area is 196 Å². The Morgan fingerprint density at radius 2 is 1.84 bits per heavy atom. The first-order valence-electron chi connectivity index (χ1n) is 9.89. The minimum Gasteiger partial charge on any atom is -0.392 e. The number of nitrogens with one attached hydrogen (secondary N) is 1. The summed E-state index contributed by atoms with van der Waals surface area (Å²) in [5, 5.41) is 22.7. The molecule has 0 bridgehead atoms. The van der Waals surface area contributed by atoms with E-state index >= 15 is 0 Å². The molecule has 0 aliphatic rings. The molecule has 0 fully saturated rings. The zero-order valence-electron chi connectivity index (χ0n) is 18.1. The van der Waals surface area contributed by atoms with Crippen LogP contribution in [0.4, 0.5) is 0 Å². The van der Waals surface area contributed by atoms with E-state index in [4.69, 9.17) is 23.2 Å². The number of carbonyl (C=O) groups excluding carboxylic acids is 2. The van der Waals surface area contributed by atoms with E-state index < -0.39 is 17.6 Å². The highest BCUT2D eigenvalue weighted by molar-refractivity contribution is 7.17. The summed E-state index contributed by atoms with van der Waals surface area (Å²) < 4.78 is 0. The Hall–Kier alpha value is -1.71. The van der Waals surface area contributed by atoms with Gasteiger partial charge in [-0.15, -0.1) is 11.3 Å². The van der Waals surface area contributed by atoms with E-state index in [-0.39, 0.29) is 33.2 Å². The normalized spacial score (nSPS) is 12.5. The van der Waals surface area contributed by atoms with Gasteiger partial charge < -0.3 is 20.4 Å². The number of carbonyl (C=O) groups is 2. The Morgan fingerprint density at radius 1 is 1.23 bits per heavy atom. The van der Waals surface area contributed by atoms with Gasteiger partial charge in [0, 0.05) is 30.8 Å². The number of aliphatic hydroxyl groups excluding tert-OH is 1. The molecule has 0 spiro atoms. The summed E-state index contributed by atoms with van der Waals surface area (Å²) in [6, 6.07) is 3.30. The molecular weight excluding hydrogens is 461 g/mol. The highest BCUT2D eigenvalue weighted by atomic mass is 35.5. The van der Waals surface area contributed by atoms with Crippen LogP contribution in [0.2, 0.25) is 10.0 Å². The monoisotopic (exact) mass is 487 g/mol. The van der Waals surface area contributed by atoms with Crippen LogP contribution in [0.1, 0.15) is 60.5 Å². The van der Waals surface area contributed by atoms with Crippen molar-refractivity contribution in [2.24, 2.45) is 0 Å². The van der Waals surface area contributed by atoms with Crippen molar-refractivity contribution >= 4 is 46.4 Å². The maximum absolute atomic E-state index is 13.1. The summed E-state index contributed by atoms with van der Waals surface area (Å²) in [6.45, 7) is 9.45. The molecule has 1 heterocycles. The zero-order valence-corrected chi connectivity index (χ0v) is 20.5. The highest BCUT2D eigenvalue weighted by Gasteiger charge is 2.29. The summed E-state index contributed by atoms with van der Waals surface area (Å²) in [4.78, 5) is 31.9. The highest BCUT2D eigenvalue weighted by Crippen LogP contribution is 2.42. The smallest absolute Gasteiger partial charge is 0.280 e. The number of amides is 2. The molecule has 0 aliphatic carbocycles.